The highest BCUT2D eigenvalue weighted by molar-refractivity contribution is 7.91. The highest BCUT2D eigenvalue weighted by Gasteiger charge is 2.46. The van der Waals surface area contributed by atoms with Crippen molar-refractivity contribution in [3.8, 4) is 0 Å². The maximum Gasteiger partial charge on any atom is 0.180 e. The number of benzene rings is 2. The van der Waals surface area contributed by atoms with E-state index in [1.54, 1.807) is 6.07 Å². The molecule has 2 aromatic carbocycles. The molecule has 0 amide bonds. The SMILES string of the molecule is CCCC[C@]1(CC)CS(=O)(=O)c2cc(S)ccc2[C@@H](c2ccccc2)N1S. The predicted octanol–water partition coefficient (Wildman–Crippen LogP) is 5.34. The number of hydrogen-bond donors (Lipinski definition) is 2. The van der Waals surface area contributed by atoms with Crippen molar-refractivity contribution in [2.45, 2.75) is 60.9 Å². The summed E-state index contributed by atoms with van der Waals surface area (Å²) in [6.07, 6.45) is 3.51. The van der Waals surface area contributed by atoms with E-state index in [9.17, 15) is 8.42 Å². The lowest BCUT2D eigenvalue weighted by Crippen LogP contribution is -2.48. The lowest BCUT2D eigenvalue weighted by atomic mass is 9.88. The van der Waals surface area contributed by atoms with E-state index >= 15 is 0 Å². The Kier molecular flexibility index (Phi) is 6.31. The van der Waals surface area contributed by atoms with Crippen LogP contribution in [0.15, 0.2) is 58.3 Å². The van der Waals surface area contributed by atoms with Crippen molar-refractivity contribution < 1.29 is 8.42 Å². The van der Waals surface area contributed by atoms with Gasteiger partial charge < -0.3 is 0 Å². The predicted molar refractivity (Wildman–Crippen MR) is 117 cm³/mol. The Morgan fingerprint density at radius 2 is 1.85 bits per heavy atom. The number of nitrogens with zero attached hydrogens (tertiary/aromatic N) is 1. The molecule has 0 saturated carbocycles. The first kappa shape index (κ1) is 20.8. The molecular formula is C21H27NO2S3. The summed E-state index contributed by atoms with van der Waals surface area (Å²) in [5.74, 6) is 0.0769. The van der Waals surface area contributed by atoms with Gasteiger partial charge in [0.25, 0.3) is 0 Å². The molecular weight excluding hydrogens is 394 g/mol. The van der Waals surface area contributed by atoms with E-state index in [-0.39, 0.29) is 11.8 Å². The van der Waals surface area contributed by atoms with Crippen LogP contribution in [-0.2, 0) is 9.84 Å². The van der Waals surface area contributed by atoms with Crippen molar-refractivity contribution in [1.29, 1.82) is 0 Å². The van der Waals surface area contributed by atoms with Crippen LogP contribution < -0.4 is 0 Å². The van der Waals surface area contributed by atoms with Gasteiger partial charge in [-0.25, -0.2) is 12.7 Å². The van der Waals surface area contributed by atoms with Gasteiger partial charge >= 0.3 is 0 Å². The van der Waals surface area contributed by atoms with Crippen molar-refractivity contribution >= 4 is 35.3 Å². The van der Waals surface area contributed by atoms with Crippen LogP contribution in [-0.4, -0.2) is 24.0 Å². The summed E-state index contributed by atoms with van der Waals surface area (Å²) in [7, 11) is -3.46. The fraction of sp³-hybridized carbons (Fsp3) is 0.429. The Hall–Kier alpha value is -0.950. The molecule has 0 radical (unpaired) electrons. The molecule has 27 heavy (non-hydrogen) atoms. The summed E-state index contributed by atoms with van der Waals surface area (Å²) in [6.45, 7) is 4.20. The molecule has 0 bridgehead atoms. The molecule has 2 aromatic rings. The van der Waals surface area contributed by atoms with E-state index in [1.807, 2.05) is 46.8 Å². The van der Waals surface area contributed by atoms with Gasteiger partial charge in [-0.3, -0.25) is 0 Å². The number of unbranched alkanes of at least 4 members (excludes halogenated alkanes) is 1. The summed E-state index contributed by atoms with van der Waals surface area (Å²) in [6, 6.07) is 15.3. The quantitative estimate of drug-likeness (QED) is 0.640. The zero-order valence-corrected chi connectivity index (χ0v) is 18.4. The zero-order valence-electron chi connectivity index (χ0n) is 15.8. The highest BCUT2D eigenvalue weighted by Crippen LogP contribution is 2.46. The largest absolute Gasteiger partial charge is 0.234 e. The second-order valence-corrected chi connectivity index (χ2v) is 10.2. The summed E-state index contributed by atoms with van der Waals surface area (Å²) in [5, 5.41) is 0. The number of rotatable bonds is 5. The number of sulfone groups is 1. The van der Waals surface area contributed by atoms with Crippen molar-refractivity contribution in [1.82, 2.24) is 4.31 Å². The molecule has 0 saturated heterocycles. The van der Waals surface area contributed by atoms with Crippen molar-refractivity contribution in [3.05, 3.63) is 59.7 Å². The van der Waals surface area contributed by atoms with Gasteiger partial charge in [-0.2, -0.15) is 0 Å². The van der Waals surface area contributed by atoms with E-state index in [2.05, 4.69) is 26.5 Å². The van der Waals surface area contributed by atoms with Crippen LogP contribution in [0.1, 0.15) is 56.7 Å². The van der Waals surface area contributed by atoms with Crippen LogP contribution in [0.4, 0.5) is 0 Å². The third-order valence-electron chi connectivity index (χ3n) is 5.59. The third kappa shape index (κ3) is 3.95. The number of fused-ring (bicyclic) bond motifs is 1. The van der Waals surface area contributed by atoms with Crippen LogP contribution in [0.5, 0.6) is 0 Å². The summed E-state index contributed by atoms with van der Waals surface area (Å²) < 4.78 is 28.8. The fourth-order valence-electron chi connectivity index (χ4n) is 4.01. The van der Waals surface area contributed by atoms with Gasteiger partial charge in [0.1, 0.15) is 0 Å². The van der Waals surface area contributed by atoms with Crippen LogP contribution in [0, 0.1) is 0 Å². The Labute approximate surface area is 174 Å². The van der Waals surface area contributed by atoms with Gasteiger partial charge in [-0.15, -0.1) is 12.6 Å². The lowest BCUT2D eigenvalue weighted by Gasteiger charge is -2.43. The minimum Gasteiger partial charge on any atom is -0.234 e. The summed E-state index contributed by atoms with van der Waals surface area (Å²) in [4.78, 5) is 1.04. The molecule has 0 N–H and O–H groups in total. The maximum atomic E-state index is 13.4. The monoisotopic (exact) mass is 421 g/mol. The molecule has 1 aliphatic rings. The standard InChI is InChI=1S/C21H27NO2S3/c1-3-5-13-21(4-2)15-27(23,24)19-14-17(25)11-12-18(19)20(22(21)26)16-9-7-6-8-10-16/h6-12,14,20,25-26H,3-5,13,15H2,1-2H3/t20-,21-/m1/s1. The Balaban J connectivity index is 2.28. The van der Waals surface area contributed by atoms with Crippen LogP contribution in [0.25, 0.3) is 0 Å². The van der Waals surface area contributed by atoms with Gasteiger partial charge in [-0.1, -0.05) is 75.9 Å². The molecule has 2 atom stereocenters. The van der Waals surface area contributed by atoms with Gasteiger partial charge in [0.2, 0.25) is 0 Å². The topological polar surface area (TPSA) is 37.4 Å². The molecule has 6 heteroatoms. The molecule has 0 fully saturated rings. The second-order valence-electron chi connectivity index (χ2n) is 7.32. The second kappa shape index (κ2) is 8.19. The van der Waals surface area contributed by atoms with E-state index in [0.717, 1.165) is 36.8 Å². The minimum absolute atomic E-state index is 0.0769. The Morgan fingerprint density at radius 1 is 1.15 bits per heavy atom. The third-order valence-corrected chi connectivity index (χ3v) is 8.46. The molecule has 1 aliphatic heterocycles. The Morgan fingerprint density at radius 3 is 2.48 bits per heavy atom. The Bertz CT molecular complexity index is 899. The average Bonchev–Trinajstić information content (AvgIpc) is 2.73. The zero-order chi connectivity index (χ0) is 19.7. The lowest BCUT2D eigenvalue weighted by molar-refractivity contribution is 0.175. The molecule has 0 aromatic heterocycles. The van der Waals surface area contributed by atoms with Crippen molar-refractivity contribution in [2.75, 3.05) is 5.75 Å². The number of hydrogen-bond acceptors (Lipinski definition) is 5. The highest BCUT2D eigenvalue weighted by atomic mass is 32.2. The van der Waals surface area contributed by atoms with Crippen molar-refractivity contribution in [2.24, 2.45) is 0 Å². The van der Waals surface area contributed by atoms with Crippen molar-refractivity contribution in [3.63, 3.8) is 0 Å². The first-order valence-corrected chi connectivity index (χ1v) is 11.9. The maximum absolute atomic E-state index is 13.4. The molecule has 1 heterocycles. The molecule has 0 aliphatic carbocycles. The minimum atomic E-state index is -3.46. The molecule has 3 rings (SSSR count). The fourth-order valence-corrected chi connectivity index (χ4v) is 7.16. The molecule has 0 spiro atoms. The molecule has 3 nitrogen and oxygen atoms in total. The van der Waals surface area contributed by atoms with Gasteiger partial charge in [0.15, 0.2) is 9.84 Å². The van der Waals surface area contributed by atoms with E-state index in [4.69, 9.17) is 12.8 Å². The smallest absolute Gasteiger partial charge is 0.180 e. The van der Waals surface area contributed by atoms with Crippen LogP contribution in [0.3, 0.4) is 0 Å². The van der Waals surface area contributed by atoms with Gasteiger partial charge in [-0.05, 0) is 36.1 Å². The summed E-state index contributed by atoms with van der Waals surface area (Å²) in [5.41, 5.74) is 1.31. The van der Waals surface area contributed by atoms with Crippen LogP contribution in [0.2, 0.25) is 0 Å². The van der Waals surface area contributed by atoms with E-state index < -0.39 is 15.4 Å². The number of thiol groups is 2. The first-order chi connectivity index (χ1) is 12.8. The van der Waals surface area contributed by atoms with E-state index in [1.165, 1.54) is 0 Å². The average molecular weight is 422 g/mol. The van der Waals surface area contributed by atoms with Gasteiger partial charge in [0.05, 0.1) is 16.7 Å². The van der Waals surface area contributed by atoms with E-state index in [0.29, 0.717) is 9.79 Å². The first-order valence-electron chi connectivity index (χ1n) is 9.43. The van der Waals surface area contributed by atoms with Gasteiger partial charge in [0, 0.05) is 10.4 Å². The molecule has 0 unspecified atom stereocenters. The normalized spacial score (nSPS) is 25.0. The molecule has 146 valence electrons. The van der Waals surface area contributed by atoms with Crippen LogP contribution >= 0.6 is 25.4 Å². The summed E-state index contributed by atoms with van der Waals surface area (Å²) >= 11 is 9.34.